The molecular formula is C18H22N4O2. The van der Waals surface area contributed by atoms with Crippen LogP contribution in [0.25, 0.3) is 11.3 Å². The SMILES string of the molecule is c1cc2c(cc1-c1[nH]ncc1CN1CCC3(CCNC3)C1)OCO2. The van der Waals surface area contributed by atoms with Gasteiger partial charge in [0, 0.05) is 30.8 Å². The molecule has 1 unspecified atom stereocenters. The number of benzene rings is 1. The van der Waals surface area contributed by atoms with Crippen molar-refractivity contribution in [3.8, 4) is 22.8 Å². The number of ether oxygens (including phenoxy) is 2. The first kappa shape index (κ1) is 14.3. The van der Waals surface area contributed by atoms with Crippen LogP contribution >= 0.6 is 0 Å². The fourth-order valence-corrected chi connectivity index (χ4v) is 4.28. The summed E-state index contributed by atoms with van der Waals surface area (Å²) in [7, 11) is 0. The average Bonchev–Trinajstić information content (AvgIpc) is 3.37. The number of nitrogens with one attached hydrogen (secondary N) is 2. The van der Waals surface area contributed by atoms with Crippen LogP contribution in [-0.2, 0) is 6.54 Å². The summed E-state index contributed by atoms with van der Waals surface area (Å²) in [6.07, 6.45) is 4.57. The number of rotatable bonds is 3. The van der Waals surface area contributed by atoms with E-state index >= 15 is 0 Å². The van der Waals surface area contributed by atoms with E-state index in [4.69, 9.17) is 9.47 Å². The highest BCUT2D eigenvalue weighted by Gasteiger charge is 2.40. The molecule has 6 heteroatoms. The van der Waals surface area contributed by atoms with E-state index in [1.165, 1.54) is 44.6 Å². The van der Waals surface area contributed by atoms with Crippen molar-refractivity contribution in [3.05, 3.63) is 30.0 Å². The number of fused-ring (bicyclic) bond motifs is 1. The third kappa shape index (κ3) is 2.37. The lowest BCUT2D eigenvalue weighted by Gasteiger charge is -2.22. The Hall–Kier alpha value is -2.05. The van der Waals surface area contributed by atoms with Crippen molar-refractivity contribution in [2.75, 3.05) is 33.0 Å². The van der Waals surface area contributed by atoms with Gasteiger partial charge in [-0.2, -0.15) is 5.10 Å². The number of aromatic amines is 1. The molecule has 1 spiro atoms. The third-order valence-electron chi connectivity index (χ3n) is 5.62. The Bertz CT molecular complexity index is 751. The molecule has 0 bridgehead atoms. The monoisotopic (exact) mass is 326 g/mol. The number of hydrogen-bond donors (Lipinski definition) is 2. The van der Waals surface area contributed by atoms with Gasteiger partial charge in [-0.15, -0.1) is 0 Å². The molecule has 5 rings (SSSR count). The van der Waals surface area contributed by atoms with Crippen LogP contribution in [0.1, 0.15) is 18.4 Å². The van der Waals surface area contributed by atoms with E-state index in [1.807, 2.05) is 18.3 Å². The van der Waals surface area contributed by atoms with Crippen LogP contribution in [-0.4, -0.2) is 48.1 Å². The van der Waals surface area contributed by atoms with Gasteiger partial charge in [0.15, 0.2) is 11.5 Å². The summed E-state index contributed by atoms with van der Waals surface area (Å²) in [5, 5.41) is 11.0. The van der Waals surface area contributed by atoms with Gasteiger partial charge >= 0.3 is 0 Å². The zero-order chi connectivity index (χ0) is 16.0. The maximum Gasteiger partial charge on any atom is 0.231 e. The van der Waals surface area contributed by atoms with Crippen molar-refractivity contribution < 1.29 is 9.47 Å². The first-order valence-corrected chi connectivity index (χ1v) is 8.67. The van der Waals surface area contributed by atoms with Crippen molar-refractivity contribution >= 4 is 0 Å². The number of likely N-dealkylation sites (tertiary alicyclic amines) is 1. The topological polar surface area (TPSA) is 62.4 Å². The molecule has 1 aromatic carbocycles. The first-order valence-electron chi connectivity index (χ1n) is 8.67. The molecule has 2 N–H and O–H groups in total. The van der Waals surface area contributed by atoms with E-state index in [0.29, 0.717) is 12.2 Å². The van der Waals surface area contributed by atoms with Crippen molar-refractivity contribution in [1.29, 1.82) is 0 Å². The number of aromatic nitrogens is 2. The van der Waals surface area contributed by atoms with E-state index in [0.717, 1.165) is 29.3 Å². The number of hydrogen-bond acceptors (Lipinski definition) is 5. The summed E-state index contributed by atoms with van der Waals surface area (Å²) in [5.74, 6) is 1.63. The fourth-order valence-electron chi connectivity index (χ4n) is 4.28. The molecule has 0 amide bonds. The van der Waals surface area contributed by atoms with Crippen LogP contribution in [0.4, 0.5) is 0 Å². The van der Waals surface area contributed by atoms with Crippen LogP contribution in [0.2, 0.25) is 0 Å². The summed E-state index contributed by atoms with van der Waals surface area (Å²) in [5.41, 5.74) is 3.93. The van der Waals surface area contributed by atoms with Gasteiger partial charge in [-0.25, -0.2) is 0 Å². The highest BCUT2D eigenvalue weighted by atomic mass is 16.7. The van der Waals surface area contributed by atoms with Crippen LogP contribution in [0, 0.1) is 5.41 Å². The number of H-pyrrole nitrogens is 1. The van der Waals surface area contributed by atoms with Crippen LogP contribution < -0.4 is 14.8 Å². The second-order valence-corrected chi connectivity index (χ2v) is 7.23. The molecule has 0 aliphatic carbocycles. The minimum atomic E-state index is 0.304. The fraction of sp³-hybridized carbons (Fsp3) is 0.500. The Labute approximate surface area is 141 Å². The van der Waals surface area contributed by atoms with Crippen molar-refractivity contribution in [2.45, 2.75) is 19.4 Å². The molecule has 4 heterocycles. The van der Waals surface area contributed by atoms with Gasteiger partial charge in [0.05, 0.1) is 11.9 Å². The standard InChI is InChI=1S/C18H22N4O2/c1-2-15-16(24-12-23-15)7-13(1)17-14(8-20-21-17)9-22-6-4-18(11-22)3-5-19-10-18/h1-2,7-8,19H,3-6,9-12H2,(H,20,21). The van der Waals surface area contributed by atoms with E-state index in [-0.39, 0.29) is 0 Å². The Morgan fingerprint density at radius 2 is 2.17 bits per heavy atom. The minimum Gasteiger partial charge on any atom is -0.454 e. The molecule has 1 aromatic heterocycles. The van der Waals surface area contributed by atoms with Crippen molar-refractivity contribution in [2.24, 2.45) is 5.41 Å². The number of nitrogens with zero attached hydrogens (tertiary/aromatic N) is 2. The quantitative estimate of drug-likeness (QED) is 0.903. The largest absolute Gasteiger partial charge is 0.454 e. The second-order valence-electron chi connectivity index (χ2n) is 7.23. The Morgan fingerprint density at radius 1 is 1.21 bits per heavy atom. The van der Waals surface area contributed by atoms with Gasteiger partial charge in [-0.3, -0.25) is 10.00 Å². The molecule has 2 aromatic rings. The maximum absolute atomic E-state index is 5.50. The lowest BCUT2D eigenvalue weighted by molar-refractivity contribution is 0.174. The lowest BCUT2D eigenvalue weighted by atomic mass is 9.86. The van der Waals surface area contributed by atoms with Gasteiger partial charge in [0.2, 0.25) is 6.79 Å². The molecular weight excluding hydrogens is 304 g/mol. The minimum absolute atomic E-state index is 0.304. The molecule has 3 aliphatic rings. The van der Waals surface area contributed by atoms with Gasteiger partial charge in [-0.05, 0) is 49.5 Å². The Balaban J connectivity index is 1.36. The molecule has 2 saturated heterocycles. The zero-order valence-corrected chi connectivity index (χ0v) is 13.7. The maximum atomic E-state index is 5.50. The summed E-state index contributed by atoms with van der Waals surface area (Å²) in [6.45, 7) is 5.95. The van der Waals surface area contributed by atoms with E-state index in [1.54, 1.807) is 0 Å². The van der Waals surface area contributed by atoms with E-state index in [9.17, 15) is 0 Å². The molecule has 0 radical (unpaired) electrons. The highest BCUT2D eigenvalue weighted by molar-refractivity contribution is 5.66. The van der Waals surface area contributed by atoms with Crippen LogP contribution in [0.3, 0.4) is 0 Å². The van der Waals surface area contributed by atoms with Gasteiger partial charge in [0.25, 0.3) is 0 Å². The molecule has 3 aliphatic heterocycles. The first-order chi connectivity index (χ1) is 11.8. The highest BCUT2D eigenvalue weighted by Crippen LogP contribution is 2.38. The second kappa shape index (κ2) is 5.50. The van der Waals surface area contributed by atoms with Gasteiger partial charge in [0.1, 0.15) is 0 Å². The van der Waals surface area contributed by atoms with Crippen LogP contribution in [0.5, 0.6) is 11.5 Å². The smallest absolute Gasteiger partial charge is 0.231 e. The van der Waals surface area contributed by atoms with Crippen LogP contribution in [0.15, 0.2) is 24.4 Å². The Morgan fingerprint density at radius 3 is 3.08 bits per heavy atom. The Kier molecular flexibility index (Phi) is 3.28. The zero-order valence-electron chi connectivity index (χ0n) is 13.7. The van der Waals surface area contributed by atoms with Crippen molar-refractivity contribution in [3.63, 3.8) is 0 Å². The molecule has 0 saturated carbocycles. The summed E-state index contributed by atoms with van der Waals surface area (Å²) in [6, 6.07) is 6.07. The summed E-state index contributed by atoms with van der Waals surface area (Å²) < 4.78 is 10.9. The third-order valence-corrected chi connectivity index (χ3v) is 5.62. The lowest BCUT2D eigenvalue weighted by Crippen LogP contribution is -2.28. The van der Waals surface area contributed by atoms with Gasteiger partial charge in [-0.1, -0.05) is 0 Å². The molecule has 24 heavy (non-hydrogen) atoms. The van der Waals surface area contributed by atoms with Gasteiger partial charge < -0.3 is 14.8 Å². The van der Waals surface area contributed by atoms with E-state index < -0.39 is 0 Å². The van der Waals surface area contributed by atoms with Crippen molar-refractivity contribution in [1.82, 2.24) is 20.4 Å². The predicted molar refractivity (Wildman–Crippen MR) is 90.0 cm³/mol. The molecule has 2 fully saturated rings. The summed E-state index contributed by atoms with van der Waals surface area (Å²) >= 11 is 0. The van der Waals surface area contributed by atoms with E-state index in [2.05, 4.69) is 26.5 Å². The average molecular weight is 326 g/mol. The molecule has 6 nitrogen and oxygen atoms in total. The molecule has 126 valence electrons. The normalized spacial score (nSPS) is 25.8. The predicted octanol–water partition coefficient (Wildman–Crippen LogP) is 1.99. The molecule has 1 atom stereocenters. The summed E-state index contributed by atoms with van der Waals surface area (Å²) in [4.78, 5) is 2.56.